The molecule has 2 aliphatic rings. The van der Waals surface area contributed by atoms with Crippen molar-refractivity contribution >= 4 is 38.3 Å². The molecule has 1 saturated carbocycles. The van der Waals surface area contributed by atoms with E-state index in [-0.39, 0.29) is 23.8 Å². The van der Waals surface area contributed by atoms with Crippen molar-refractivity contribution in [2.24, 2.45) is 0 Å². The van der Waals surface area contributed by atoms with Crippen LogP contribution in [0.3, 0.4) is 0 Å². The maximum Gasteiger partial charge on any atom is 0.272 e. The van der Waals surface area contributed by atoms with Gasteiger partial charge in [-0.05, 0) is 68.9 Å². The highest BCUT2D eigenvalue weighted by atomic mass is 32.1. The predicted octanol–water partition coefficient (Wildman–Crippen LogP) is 4.58. The number of nitrogens with zero attached hydrogens (tertiary/aromatic N) is 3. The third-order valence-corrected chi connectivity index (χ3v) is 7.14. The second-order valence-electron chi connectivity index (χ2n) is 8.31. The van der Waals surface area contributed by atoms with Crippen molar-refractivity contribution < 1.29 is 9.18 Å². The minimum Gasteiger partial charge on any atom is -0.370 e. The van der Waals surface area contributed by atoms with Crippen molar-refractivity contribution in [2.75, 3.05) is 23.3 Å². The minimum atomic E-state index is -0.256. The summed E-state index contributed by atoms with van der Waals surface area (Å²) in [5.74, 6) is -0.375. The normalized spacial score (nSPS) is 21.4. The van der Waals surface area contributed by atoms with Gasteiger partial charge in [0.05, 0.1) is 15.9 Å². The molecule has 1 unspecified atom stereocenters. The second kappa shape index (κ2) is 8.78. The number of hydrogen-bond acceptors (Lipinski definition) is 6. The Morgan fingerprint density at radius 2 is 1.94 bits per heavy atom. The molecule has 5 rings (SSSR count). The molecule has 1 saturated heterocycles. The highest BCUT2D eigenvalue weighted by molar-refractivity contribution is 7.22. The van der Waals surface area contributed by atoms with Crippen LogP contribution in [0.1, 0.15) is 49.0 Å². The van der Waals surface area contributed by atoms with E-state index in [1.807, 2.05) is 12.1 Å². The lowest BCUT2D eigenvalue weighted by Gasteiger charge is -2.30. The van der Waals surface area contributed by atoms with Crippen LogP contribution in [-0.2, 0) is 0 Å². The summed E-state index contributed by atoms with van der Waals surface area (Å²) >= 11 is 1.44. The Morgan fingerprint density at radius 1 is 1.10 bits per heavy atom. The van der Waals surface area contributed by atoms with Crippen LogP contribution in [0.2, 0.25) is 0 Å². The molecule has 1 amide bonds. The van der Waals surface area contributed by atoms with Crippen LogP contribution >= 0.6 is 11.3 Å². The summed E-state index contributed by atoms with van der Waals surface area (Å²) in [6, 6.07) is 8.63. The molecule has 1 aliphatic heterocycles. The van der Waals surface area contributed by atoms with Gasteiger partial charge in [0.2, 0.25) is 0 Å². The molecule has 2 N–H and O–H groups in total. The van der Waals surface area contributed by atoms with E-state index in [9.17, 15) is 9.18 Å². The quantitative estimate of drug-likeness (QED) is 0.609. The van der Waals surface area contributed by atoms with Gasteiger partial charge in [-0.1, -0.05) is 11.3 Å². The molecule has 162 valence electrons. The third-order valence-electron chi connectivity index (χ3n) is 6.19. The van der Waals surface area contributed by atoms with Crippen molar-refractivity contribution in [2.45, 2.75) is 50.6 Å². The fraction of sp³-hybridized carbons (Fsp3) is 0.435. The van der Waals surface area contributed by atoms with Gasteiger partial charge >= 0.3 is 0 Å². The highest BCUT2D eigenvalue weighted by Gasteiger charge is 2.31. The summed E-state index contributed by atoms with van der Waals surface area (Å²) in [7, 11) is 0. The number of pyridine rings is 1. The first kappa shape index (κ1) is 20.2. The van der Waals surface area contributed by atoms with Crippen molar-refractivity contribution in [3.8, 4) is 0 Å². The van der Waals surface area contributed by atoms with Crippen molar-refractivity contribution in [1.29, 1.82) is 0 Å². The van der Waals surface area contributed by atoms with E-state index >= 15 is 0 Å². The molecule has 0 spiro atoms. The summed E-state index contributed by atoms with van der Waals surface area (Å²) in [6.07, 6.45) is 8.13. The average molecular weight is 440 g/mol. The van der Waals surface area contributed by atoms with Crippen LogP contribution in [0, 0.1) is 5.82 Å². The van der Waals surface area contributed by atoms with Gasteiger partial charge in [-0.3, -0.25) is 4.79 Å². The summed E-state index contributed by atoms with van der Waals surface area (Å²) in [5, 5.41) is 7.45. The molecule has 2 aromatic heterocycles. The lowest BCUT2D eigenvalue weighted by molar-refractivity contribution is 0.0931. The third kappa shape index (κ3) is 4.35. The Labute approximate surface area is 184 Å². The SMILES string of the molecule is O=C(NC1CCC[C@@H]1Nc1nc2ccc(F)cc2s1)c1ncccc1N1CCCCC1. The van der Waals surface area contributed by atoms with Crippen LogP contribution < -0.4 is 15.5 Å². The molecular weight excluding hydrogens is 413 g/mol. The molecule has 3 heterocycles. The minimum absolute atomic E-state index is 0.00691. The largest absolute Gasteiger partial charge is 0.370 e. The van der Waals surface area contributed by atoms with Crippen LogP contribution in [0.5, 0.6) is 0 Å². The average Bonchev–Trinajstić information content (AvgIpc) is 3.40. The first-order chi connectivity index (χ1) is 15.2. The number of carbonyl (C=O) groups excluding carboxylic acids is 1. The van der Waals surface area contributed by atoms with Crippen LogP contribution in [0.15, 0.2) is 36.5 Å². The van der Waals surface area contributed by atoms with Crippen molar-refractivity contribution in [1.82, 2.24) is 15.3 Å². The molecule has 1 aliphatic carbocycles. The lowest BCUT2D eigenvalue weighted by Crippen LogP contribution is -2.44. The van der Waals surface area contributed by atoms with E-state index < -0.39 is 0 Å². The first-order valence-electron chi connectivity index (χ1n) is 11.0. The molecule has 0 bridgehead atoms. The summed E-state index contributed by atoms with van der Waals surface area (Å²) < 4.78 is 14.3. The van der Waals surface area contributed by atoms with E-state index in [1.54, 1.807) is 12.3 Å². The van der Waals surface area contributed by atoms with Crippen LogP contribution in [0.25, 0.3) is 10.2 Å². The van der Waals surface area contributed by atoms with E-state index in [0.717, 1.165) is 66.2 Å². The fourth-order valence-electron chi connectivity index (χ4n) is 4.62. The number of fused-ring (bicyclic) bond motifs is 1. The Bertz CT molecular complexity index is 1080. The smallest absolute Gasteiger partial charge is 0.272 e. The monoisotopic (exact) mass is 439 g/mol. The zero-order chi connectivity index (χ0) is 21.2. The molecule has 2 atom stereocenters. The topological polar surface area (TPSA) is 70.1 Å². The number of carbonyl (C=O) groups is 1. The molecule has 0 radical (unpaired) electrons. The summed E-state index contributed by atoms with van der Waals surface area (Å²) in [6.45, 7) is 1.94. The zero-order valence-electron chi connectivity index (χ0n) is 17.3. The number of amides is 1. The standard InChI is InChI=1S/C23H26FN5OS/c24-15-9-10-18-20(14-15)31-23(28-18)27-17-7-4-6-16(17)26-22(30)21-19(8-5-11-25-21)29-12-2-1-3-13-29/h5,8-11,14,16-17H,1-4,6-7,12-13H2,(H,26,30)(H,27,28)/t16?,17-/m0/s1. The van der Waals surface area contributed by atoms with E-state index in [2.05, 4.69) is 25.5 Å². The number of nitrogens with one attached hydrogen (secondary N) is 2. The van der Waals surface area contributed by atoms with E-state index in [4.69, 9.17) is 0 Å². The van der Waals surface area contributed by atoms with Gasteiger partial charge in [-0.25, -0.2) is 14.4 Å². The van der Waals surface area contributed by atoms with Crippen molar-refractivity contribution in [3.05, 3.63) is 48.0 Å². The van der Waals surface area contributed by atoms with Crippen LogP contribution in [-0.4, -0.2) is 41.0 Å². The first-order valence-corrected chi connectivity index (χ1v) is 11.8. The van der Waals surface area contributed by atoms with Gasteiger partial charge in [0.25, 0.3) is 5.91 Å². The van der Waals surface area contributed by atoms with Gasteiger partial charge in [-0.2, -0.15) is 0 Å². The highest BCUT2D eigenvalue weighted by Crippen LogP contribution is 2.30. The zero-order valence-corrected chi connectivity index (χ0v) is 18.1. The number of hydrogen-bond donors (Lipinski definition) is 2. The van der Waals surface area contributed by atoms with Crippen LogP contribution in [0.4, 0.5) is 15.2 Å². The molecule has 2 fully saturated rings. The summed E-state index contributed by atoms with van der Waals surface area (Å²) in [5.41, 5.74) is 2.22. The summed E-state index contributed by atoms with van der Waals surface area (Å²) in [4.78, 5) is 24.4. The molecular formula is C23H26FN5OS. The fourth-order valence-corrected chi connectivity index (χ4v) is 5.58. The van der Waals surface area contributed by atoms with Gasteiger partial charge < -0.3 is 15.5 Å². The molecule has 1 aromatic carbocycles. The van der Waals surface area contributed by atoms with E-state index in [1.165, 1.54) is 29.9 Å². The van der Waals surface area contributed by atoms with Gasteiger partial charge in [0, 0.05) is 31.4 Å². The Morgan fingerprint density at radius 3 is 2.81 bits per heavy atom. The molecule has 3 aromatic rings. The van der Waals surface area contributed by atoms with Gasteiger partial charge in [-0.15, -0.1) is 0 Å². The number of thiazole rings is 1. The van der Waals surface area contributed by atoms with Gasteiger partial charge in [0.1, 0.15) is 5.82 Å². The van der Waals surface area contributed by atoms with E-state index in [0.29, 0.717) is 5.69 Å². The second-order valence-corrected chi connectivity index (χ2v) is 9.34. The Kier molecular flexibility index (Phi) is 5.72. The number of aromatic nitrogens is 2. The number of benzene rings is 1. The number of anilines is 2. The number of rotatable bonds is 5. The molecule has 8 heteroatoms. The Hall–Kier alpha value is -2.74. The molecule has 6 nitrogen and oxygen atoms in total. The maximum atomic E-state index is 13.5. The van der Waals surface area contributed by atoms with Gasteiger partial charge in [0.15, 0.2) is 10.8 Å². The maximum absolute atomic E-state index is 13.5. The lowest BCUT2D eigenvalue weighted by atomic mass is 10.1. The molecule has 31 heavy (non-hydrogen) atoms. The van der Waals surface area contributed by atoms with Crippen molar-refractivity contribution in [3.63, 3.8) is 0 Å². The predicted molar refractivity (Wildman–Crippen MR) is 122 cm³/mol. The number of halogens is 1. The Balaban J connectivity index is 1.29. The number of piperidine rings is 1.